The number of carbonyl (C=O) groups is 1. The zero-order valence-electron chi connectivity index (χ0n) is 17.2. The van der Waals surface area contributed by atoms with E-state index in [-0.39, 0.29) is 5.91 Å². The second kappa shape index (κ2) is 9.81. The van der Waals surface area contributed by atoms with Crippen LogP contribution in [0.4, 0.5) is 0 Å². The van der Waals surface area contributed by atoms with E-state index in [9.17, 15) is 4.79 Å². The Morgan fingerprint density at radius 1 is 1.06 bits per heavy atom. The van der Waals surface area contributed by atoms with Crippen molar-refractivity contribution in [1.29, 1.82) is 0 Å². The first kappa shape index (κ1) is 21.8. The maximum Gasteiger partial charge on any atom is 0.272 e. The molecular formula is C25H19Cl2N3O2. The van der Waals surface area contributed by atoms with E-state index in [1.54, 1.807) is 18.2 Å². The molecule has 0 unspecified atom stereocenters. The molecule has 4 rings (SSSR count). The number of ether oxygens (including phenoxy) is 1. The number of halogens is 2. The molecule has 32 heavy (non-hydrogen) atoms. The first-order valence-electron chi connectivity index (χ1n) is 9.97. The van der Waals surface area contributed by atoms with Gasteiger partial charge in [0.15, 0.2) is 0 Å². The van der Waals surface area contributed by atoms with Crippen LogP contribution in [0.5, 0.6) is 5.75 Å². The van der Waals surface area contributed by atoms with Crippen molar-refractivity contribution in [2.45, 2.75) is 6.92 Å². The van der Waals surface area contributed by atoms with Gasteiger partial charge in [0.2, 0.25) is 0 Å². The van der Waals surface area contributed by atoms with Gasteiger partial charge >= 0.3 is 0 Å². The topological polar surface area (TPSA) is 63.6 Å². The highest BCUT2D eigenvalue weighted by Gasteiger charge is 2.14. The van der Waals surface area contributed by atoms with E-state index in [1.807, 2.05) is 61.5 Å². The van der Waals surface area contributed by atoms with Crippen LogP contribution in [0.1, 0.15) is 22.8 Å². The number of hydrogen-bond acceptors (Lipinski definition) is 4. The van der Waals surface area contributed by atoms with Crippen LogP contribution in [0.2, 0.25) is 10.0 Å². The molecule has 0 spiro atoms. The normalized spacial score (nSPS) is 11.1. The molecule has 5 nitrogen and oxygen atoms in total. The number of carbonyl (C=O) groups excluding carboxylic acids is 1. The van der Waals surface area contributed by atoms with E-state index in [0.717, 1.165) is 16.5 Å². The average molecular weight is 464 g/mol. The maximum absolute atomic E-state index is 13.0. The molecule has 0 bridgehead atoms. The number of amides is 1. The molecule has 0 fully saturated rings. The molecule has 1 N–H and O–H groups in total. The van der Waals surface area contributed by atoms with Crippen LogP contribution in [0.15, 0.2) is 77.9 Å². The average Bonchev–Trinajstić information content (AvgIpc) is 2.81. The van der Waals surface area contributed by atoms with Gasteiger partial charge < -0.3 is 4.74 Å². The molecule has 0 aliphatic rings. The van der Waals surface area contributed by atoms with Crippen molar-refractivity contribution < 1.29 is 9.53 Å². The van der Waals surface area contributed by atoms with E-state index in [0.29, 0.717) is 39.2 Å². The molecule has 1 aromatic heterocycles. The van der Waals surface area contributed by atoms with Crippen molar-refractivity contribution >= 4 is 46.2 Å². The molecule has 7 heteroatoms. The van der Waals surface area contributed by atoms with Crippen LogP contribution in [0, 0.1) is 0 Å². The number of rotatable bonds is 6. The Balaban J connectivity index is 1.66. The van der Waals surface area contributed by atoms with Gasteiger partial charge in [0, 0.05) is 21.5 Å². The SMILES string of the molecule is CCOc1c(Cl)cc(Cl)cc1/C=N\NC(=O)c1cc(-c2ccccc2)nc2ccccc12. The predicted octanol–water partition coefficient (Wildman–Crippen LogP) is 6.37. The lowest BCUT2D eigenvalue weighted by Gasteiger charge is -2.10. The third-order valence-corrected chi connectivity index (χ3v) is 5.22. The molecule has 0 aliphatic heterocycles. The smallest absolute Gasteiger partial charge is 0.272 e. The van der Waals surface area contributed by atoms with Gasteiger partial charge in [0.05, 0.1) is 34.6 Å². The van der Waals surface area contributed by atoms with Gasteiger partial charge in [-0.15, -0.1) is 0 Å². The molecule has 0 aliphatic carbocycles. The number of hydrogen-bond donors (Lipinski definition) is 1. The third kappa shape index (κ3) is 4.74. The van der Waals surface area contributed by atoms with E-state index >= 15 is 0 Å². The first-order valence-corrected chi connectivity index (χ1v) is 10.7. The Kier molecular flexibility index (Phi) is 6.69. The predicted molar refractivity (Wildman–Crippen MR) is 130 cm³/mol. The number of pyridine rings is 1. The summed E-state index contributed by atoms with van der Waals surface area (Å²) in [6.07, 6.45) is 1.46. The fourth-order valence-electron chi connectivity index (χ4n) is 3.31. The minimum atomic E-state index is -0.358. The van der Waals surface area contributed by atoms with Gasteiger partial charge in [-0.1, -0.05) is 71.7 Å². The highest BCUT2D eigenvalue weighted by molar-refractivity contribution is 6.36. The molecule has 4 aromatic rings. The summed E-state index contributed by atoms with van der Waals surface area (Å²) < 4.78 is 5.58. The number of benzene rings is 3. The van der Waals surface area contributed by atoms with Crippen LogP contribution in [-0.2, 0) is 0 Å². The summed E-state index contributed by atoms with van der Waals surface area (Å²) in [6.45, 7) is 2.28. The molecule has 0 saturated heterocycles. The van der Waals surface area contributed by atoms with Crippen molar-refractivity contribution in [3.63, 3.8) is 0 Å². The Morgan fingerprint density at radius 3 is 2.59 bits per heavy atom. The highest BCUT2D eigenvalue weighted by atomic mass is 35.5. The number of para-hydroxylation sites is 1. The van der Waals surface area contributed by atoms with E-state index in [2.05, 4.69) is 10.5 Å². The van der Waals surface area contributed by atoms with E-state index in [4.69, 9.17) is 32.9 Å². The minimum Gasteiger partial charge on any atom is -0.492 e. The van der Waals surface area contributed by atoms with Gasteiger partial charge in [0.1, 0.15) is 5.75 Å². The summed E-state index contributed by atoms with van der Waals surface area (Å²) in [5.41, 5.74) is 5.98. The summed E-state index contributed by atoms with van der Waals surface area (Å²) >= 11 is 12.3. The minimum absolute atomic E-state index is 0.358. The van der Waals surface area contributed by atoms with Crippen molar-refractivity contribution in [3.8, 4) is 17.0 Å². The van der Waals surface area contributed by atoms with Crippen LogP contribution >= 0.6 is 23.2 Å². The molecule has 3 aromatic carbocycles. The van der Waals surface area contributed by atoms with Crippen LogP contribution in [-0.4, -0.2) is 23.7 Å². The summed E-state index contributed by atoms with van der Waals surface area (Å²) in [7, 11) is 0. The van der Waals surface area contributed by atoms with Gasteiger partial charge in [-0.3, -0.25) is 4.79 Å². The molecular weight excluding hydrogens is 445 g/mol. The Hall–Kier alpha value is -3.41. The second-order valence-corrected chi connectivity index (χ2v) is 7.72. The number of nitrogens with zero attached hydrogens (tertiary/aromatic N) is 2. The fourth-order valence-corrected chi connectivity index (χ4v) is 3.88. The van der Waals surface area contributed by atoms with Crippen molar-refractivity contribution in [2.24, 2.45) is 5.10 Å². The Labute approximate surface area is 195 Å². The Morgan fingerprint density at radius 2 is 1.81 bits per heavy atom. The van der Waals surface area contributed by atoms with Crippen molar-refractivity contribution in [2.75, 3.05) is 6.61 Å². The number of aromatic nitrogens is 1. The maximum atomic E-state index is 13.0. The Bertz CT molecular complexity index is 1310. The zero-order valence-corrected chi connectivity index (χ0v) is 18.7. The van der Waals surface area contributed by atoms with E-state index < -0.39 is 0 Å². The van der Waals surface area contributed by atoms with Crippen LogP contribution in [0.3, 0.4) is 0 Å². The largest absolute Gasteiger partial charge is 0.492 e. The van der Waals surface area contributed by atoms with Crippen molar-refractivity contribution in [3.05, 3.63) is 94.0 Å². The molecule has 0 radical (unpaired) electrons. The third-order valence-electron chi connectivity index (χ3n) is 4.73. The summed E-state index contributed by atoms with van der Waals surface area (Å²) in [6, 6.07) is 22.2. The quantitative estimate of drug-likeness (QED) is 0.266. The standard InChI is InChI=1S/C25H19Cl2N3O2/c1-2-32-24-17(12-18(26)13-21(24)27)15-28-30-25(31)20-14-23(16-8-4-3-5-9-16)29-22-11-7-6-10-19(20)22/h3-15H,2H2,1H3,(H,30,31)/b28-15-. The van der Waals surface area contributed by atoms with Crippen molar-refractivity contribution in [1.82, 2.24) is 10.4 Å². The number of hydrazone groups is 1. The molecule has 160 valence electrons. The van der Waals surface area contributed by atoms with Gasteiger partial charge in [-0.05, 0) is 31.2 Å². The summed E-state index contributed by atoms with van der Waals surface area (Å²) in [5, 5.41) is 5.66. The van der Waals surface area contributed by atoms with Crippen LogP contribution in [0.25, 0.3) is 22.2 Å². The van der Waals surface area contributed by atoms with Gasteiger partial charge in [-0.25, -0.2) is 10.4 Å². The first-order chi connectivity index (χ1) is 15.6. The monoisotopic (exact) mass is 463 g/mol. The second-order valence-electron chi connectivity index (χ2n) is 6.88. The van der Waals surface area contributed by atoms with Gasteiger partial charge in [-0.2, -0.15) is 5.10 Å². The number of nitrogens with one attached hydrogen (secondary N) is 1. The van der Waals surface area contributed by atoms with Crippen LogP contribution < -0.4 is 10.2 Å². The zero-order chi connectivity index (χ0) is 22.5. The summed E-state index contributed by atoms with van der Waals surface area (Å²) in [5.74, 6) is 0.0976. The fraction of sp³-hybridized carbons (Fsp3) is 0.0800. The van der Waals surface area contributed by atoms with E-state index in [1.165, 1.54) is 6.21 Å². The molecule has 0 saturated carbocycles. The molecule has 1 amide bonds. The van der Waals surface area contributed by atoms with Gasteiger partial charge in [0.25, 0.3) is 5.91 Å². The lowest BCUT2D eigenvalue weighted by Crippen LogP contribution is -2.18. The molecule has 1 heterocycles. The molecule has 0 atom stereocenters. The summed E-state index contributed by atoms with van der Waals surface area (Å²) in [4.78, 5) is 17.7. The number of fused-ring (bicyclic) bond motifs is 1. The lowest BCUT2D eigenvalue weighted by atomic mass is 10.0. The lowest BCUT2D eigenvalue weighted by molar-refractivity contribution is 0.0956. The highest BCUT2D eigenvalue weighted by Crippen LogP contribution is 2.31.